The van der Waals surface area contributed by atoms with E-state index in [1.54, 1.807) is 6.92 Å². The summed E-state index contributed by atoms with van der Waals surface area (Å²) >= 11 is 6.11. The number of carbonyl (C=O) groups is 1. The summed E-state index contributed by atoms with van der Waals surface area (Å²) in [6, 6.07) is 4.30. The summed E-state index contributed by atoms with van der Waals surface area (Å²) < 4.78 is 27.1. The number of halogens is 1. The van der Waals surface area contributed by atoms with Crippen LogP contribution < -0.4 is 0 Å². The monoisotopic (exact) mass is 374 g/mol. The number of rotatable bonds is 6. The van der Waals surface area contributed by atoms with Crippen LogP contribution >= 0.6 is 11.6 Å². The van der Waals surface area contributed by atoms with Crippen molar-refractivity contribution in [1.82, 2.24) is 9.21 Å². The molecule has 0 spiro atoms. The van der Waals surface area contributed by atoms with Gasteiger partial charge in [0.25, 0.3) is 5.91 Å². The fourth-order valence-electron chi connectivity index (χ4n) is 2.78. The predicted octanol–water partition coefficient (Wildman–Crippen LogP) is 1.97. The van der Waals surface area contributed by atoms with Crippen molar-refractivity contribution in [2.24, 2.45) is 0 Å². The average Bonchev–Trinajstić information content (AvgIpc) is 2.60. The van der Waals surface area contributed by atoms with Crippen molar-refractivity contribution in [3.8, 4) is 0 Å². The van der Waals surface area contributed by atoms with E-state index in [0.29, 0.717) is 19.6 Å². The van der Waals surface area contributed by atoms with Crippen molar-refractivity contribution < 1.29 is 18.3 Å². The SMILES string of the molecule is CCN(CCO)C(=O)c1ccc(Cl)c(S(=O)(=O)N2CCCCC2)c1. The van der Waals surface area contributed by atoms with Gasteiger partial charge in [0.05, 0.1) is 11.6 Å². The quantitative estimate of drug-likeness (QED) is 0.825. The van der Waals surface area contributed by atoms with Gasteiger partial charge < -0.3 is 10.0 Å². The Balaban J connectivity index is 2.36. The molecule has 8 heteroatoms. The molecule has 24 heavy (non-hydrogen) atoms. The lowest BCUT2D eigenvalue weighted by atomic mass is 10.2. The highest BCUT2D eigenvalue weighted by molar-refractivity contribution is 7.89. The van der Waals surface area contributed by atoms with Crippen LogP contribution in [0.2, 0.25) is 5.02 Å². The first-order valence-corrected chi connectivity index (χ1v) is 9.93. The molecule has 0 bridgehead atoms. The number of benzene rings is 1. The molecule has 0 atom stereocenters. The molecule has 1 heterocycles. The topological polar surface area (TPSA) is 77.9 Å². The van der Waals surface area contributed by atoms with Gasteiger partial charge in [-0.2, -0.15) is 4.31 Å². The van der Waals surface area contributed by atoms with E-state index in [9.17, 15) is 13.2 Å². The molecule has 1 aliphatic rings. The molecule has 0 unspecified atom stereocenters. The summed E-state index contributed by atoms with van der Waals surface area (Å²) in [6.07, 6.45) is 2.68. The second kappa shape index (κ2) is 8.29. The first-order valence-electron chi connectivity index (χ1n) is 8.11. The van der Waals surface area contributed by atoms with Gasteiger partial charge in [-0.25, -0.2) is 8.42 Å². The molecule has 1 aliphatic heterocycles. The molecule has 134 valence electrons. The third kappa shape index (κ3) is 4.08. The van der Waals surface area contributed by atoms with Gasteiger partial charge >= 0.3 is 0 Å². The predicted molar refractivity (Wildman–Crippen MR) is 92.7 cm³/mol. The zero-order valence-electron chi connectivity index (χ0n) is 13.7. The zero-order chi connectivity index (χ0) is 17.7. The van der Waals surface area contributed by atoms with E-state index < -0.39 is 10.0 Å². The van der Waals surface area contributed by atoms with Crippen molar-refractivity contribution in [3.05, 3.63) is 28.8 Å². The average molecular weight is 375 g/mol. The van der Waals surface area contributed by atoms with Crippen LogP contribution in [0, 0.1) is 0 Å². The van der Waals surface area contributed by atoms with Crippen LogP contribution in [-0.4, -0.2) is 61.4 Å². The van der Waals surface area contributed by atoms with E-state index in [1.165, 1.54) is 27.4 Å². The largest absolute Gasteiger partial charge is 0.395 e. The molecule has 0 aromatic heterocycles. The highest BCUT2D eigenvalue weighted by Gasteiger charge is 2.29. The number of likely N-dealkylation sites (N-methyl/N-ethyl adjacent to an activating group) is 1. The van der Waals surface area contributed by atoms with Crippen LogP contribution in [0.1, 0.15) is 36.5 Å². The number of carbonyl (C=O) groups excluding carboxylic acids is 1. The summed E-state index contributed by atoms with van der Waals surface area (Å²) in [4.78, 5) is 13.9. The summed E-state index contributed by atoms with van der Waals surface area (Å²) in [5.41, 5.74) is 0.255. The normalized spacial score (nSPS) is 16.1. The highest BCUT2D eigenvalue weighted by atomic mass is 35.5. The van der Waals surface area contributed by atoms with Gasteiger partial charge in [0.2, 0.25) is 10.0 Å². The molecule has 1 fully saturated rings. The summed E-state index contributed by atoms with van der Waals surface area (Å²) in [5.74, 6) is -0.321. The molecular formula is C16H23ClN2O4S. The van der Waals surface area contributed by atoms with Crippen LogP contribution in [0.25, 0.3) is 0 Å². The standard InChI is InChI=1S/C16H23ClN2O4S/c1-2-18(10-11-20)16(21)13-6-7-14(17)15(12-13)24(22,23)19-8-4-3-5-9-19/h6-7,12,20H,2-5,8-11H2,1H3. The van der Waals surface area contributed by atoms with Crippen molar-refractivity contribution >= 4 is 27.5 Å². The van der Waals surface area contributed by atoms with Gasteiger partial charge in [-0.15, -0.1) is 0 Å². The lowest BCUT2D eigenvalue weighted by Gasteiger charge is -2.26. The lowest BCUT2D eigenvalue weighted by Crippen LogP contribution is -2.36. The first-order chi connectivity index (χ1) is 11.4. The van der Waals surface area contributed by atoms with Crippen molar-refractivity contribution in [2.45, 2.75) is 31.1 Å². The number of aliphatic hydroxyl groups is 1. The summed E-state index contributed by atoms with van der Waals surface area (Å²) in [7, 11) is -3.71. The molecule has 1 N–H and O–H groups in total. The fraction of sp³-hybridized carbons (Fsp3) is 0.562. The van der Waals surface area contributed by atoms with Crippen LogP contribution in [0.15, 0.2) is 23.1 Å². The minimum atomic E-state index is -3.71. The number of piperidine rings is 1. The van der Waals surface area contributed by atoms with Crippen molar-refractivity contribution in [3.63, 3.8) is 0 Å². The first kappa shape index (κ1) is 19.2. The van der Waals surface area contributed by atoms with E-state index in [0.717, 1.165) is 19.3 Å². The molecular weight excluding hydrogens is 352 g/mol. The second-order valence-electron chi connectivity index (χ2n) is 5.72. The van der Waals surface area contributed by atoms with Gasteiger partial charge in [-0.3, -0.25) is 4.79 Å². The van der Waals surface area contributed by atoms with E-state index in [4.69, 9.17) is 16.7 Å². The van der Waals surface area contributed by atoms with Crippen LogP contribution in [0.3, 0.4) is 0 Å². The molecule has 0 radical (unpaired) electrons. The highest BCUT2D eigenvalue weighted by Crippen LogP contribution is 2.28. The van der Waals surface area contributed by atoms with E-state index in [-0.39, 0.29) is 34.5 Å². The van der Waals surface area contributed by atoms with Crippen molar-refractivity contribution in [2.75, 3.05) is 32.8 Å². The second-order valence-corrected chi connectivity index (χ2v) is 8.03. The molecule has 1 amide bonds. The minimum absolute atomic E-state index is 0.0306. The van der Waals surface area contributed by atoms with E-state index in [2.05, 4.69) is 0 Å². The van der Waals surface area contributed by atoms with Gasteiger partial charge in [0.15, 0.2) is 0 Å². The van der Waals surface area contributed by atoms with Gasteiger partial charge in [-0.1, -0.05) is 18.0 Å². The Bertz CT molecular complexity index is 687. The van der Waals surface area contributed by atoms with Crippen LogP contribution in [0.5, 0.6) is 0 Å². The Morgan fingerprint density at radius 3 is 2.54 bits per heavy atom. The number of hydrogen-bond donors (Lipinski definition) is 1. The Morgan fingerprint density at radius 1 is 1.29 bits per heavy atom. The summed E-state index contributed by atoms with van der Waals surface area (Å²) in [6.45, 7) is 3.23. The Labute approximate surface area is 148 Å². The molecule has 0 aliphatic carbocycles. The Kier molecular flexibility index (Phi) is 6.62. The molecule has 1 aromatic rings. The number of amides is 1. The lowest BCUT2D eigenvalue weighted by molar-refractivity contribution is 0.0731. The van der Waals surface area contributed by atoms with Crippen LogP contribution in [0.4, 0.5) is 0 Å². The molecule has 6 nitrogen and oxygen atoms in total. The van der Waals surface area contributed by atoms with E-state index in [1.807, 2.05) is 0 Å². The third-order valence-electron chi connectivity index (χ3n) is 4.15. The number of nitrogens with zero attached hydrogens (tertiary/aromatic N) is 2. The van der Waals surface area contributed by atoms with Gasteiger partial charge in [0, 0.05) is 31.7 Å². The number of hydrogen-bond acceptors (Lipinski definition) is 4. The molecule has 1 aromatic carbocycles. The minimum Gasteiger partial charge on any atom is -0.395 e. The fourth-order valence-corrected chi connectivity index (χ4v) is 4.80. The van der Waals surface area contributed by atoms with E-state index >= 15 is 0 Å². The third-order valence-corrected chi connectivity index (χ3v) is 6.53. The molecule has 0 saturated carbocycles. The number of sulfonamides is 1. The van der Waals surface area contributed by atoms with Crippen LogP contribution in [-0.2, 0) is 10.0 Å². The van der Waals surface area contributed by atoms with Crippen molar-refractivity contribution in [1.29, 1.82) is 0 Å². The Hall–Kier alpha value is -1.15. The number of aliphatic hydroxyl groups excluding tert-OH is 1. The Morgan fingerprint density at radius 2 is 1.96 bits per heavy atom. The maximum atomic E-state index is 12.8. The maximum absolute atomic E-state index is 12.8. The van der Waals surface area contributed by atoms with Gasteiger partial charge in [0.1, 0.15) is 4.90 Å². The molecule has 1 saturated heterocycles. The zero-order valence-corrected chi connectivity index (χ0v) is 15.3. The molecule has 2 rings (SSSR count). The smallest absolute Gasteiger partial charge is 0.253 e. The summed E-state index contributed by atoms with van der Waals surface area (Å²) in [5, 5.41) is 9.16. The maximum Gasteiger partial charge on any atom is 0.253 e. The van der Waals surface area contributed by atoms with Gasteiger partial charge in [-0.05, 0) is 38.0 Å².